The summed E-state index contributed by atoms with van der Waals surface area (Å²) in [6.45, 7) is 1.76. The third-order valence-corrected chi connectivity index (χ3v) is 4.10. The average molecular weight is 333 g/mol. The molecule has 2 rings (SSSR count). The van der Waals surface area contributed by atoms with Gasteiger partial charge in [-0.25, -0.2) is 0 Å². The Kier molecular flexibility index (Phi) is 6.52. The second-order valence-corrected chi connectivity index (χ2v) is 6.15. The Hall–Kier alpha value is -1.95. The lowest BCUT2D eigenvalue weighted by atomic mass is 9.95. The molecule has 1 aromatic carbocycles. The van der Waals surface area contributed by atoms with Crippen molar-refractivity contribution < 1.29 is 9.59 Å². The van der Waals surface area contributed by atoms with Gasteiger partial charge in [-0.15, -0.1) is 0 Å². The summed E-state index contributed by atoms with van der Waals surface area (Å²) in [6.07, 6.45) is 6.09. The van der Waals surface area contributed by atoms with Crippen LogP contribution in [-0.2, 0) is 4.79 Å². The molecule has 0 bridgehead atoms. The van der Waals surface area contributed by atoms with E-state index in [-0.39, 0.29) is 23.0 Å². The Labute approximate surface area is 142 Å². The van der Waals surface area contributed by atoms with Crippen molar-refractivity contribution in [2.24, 2.45) is 0 Å². The first-order valence-corrected chi connectivity index (χ1v) is 8.51. The lowest BCUT2D eigenvalue weighted by molar-refractivity contribution is -0.119. The van der Waals surface area contributed by atoms with E-state index in [9.17, 15) is 9.59 Å². The topological polar surface area (TPSA) is 70.2 Å². The second-order valence-electron chi connectivity index (χ2n) is 5.75. The zero-order valence-corrected chi connectivity index (χ0v) is 14.2. The minimum absolute atomic E-state index is 0.0657. The molecule has 3 N–H and O–H groups in total. The quantitative estimate of drug-likeness (QED) is 0.741. The first-order valence-electron chi connectivity index (χ1n) is 8.10. The zero-order chi connectivity index (χ0) is 16.7. The Morgan fingerprint density at radius 2 is 1.96 bits per heavy atom. The maximum atomic E-state index is 12.3. The Bertz CT molecular complexity index is 583. The van der Waals surface area contributed by atoms with Crippen LogP contribution in [-0.4, -0.2) is 23.0 Å². The van der Waals surface area contributed by atoms with Gasteiger partial charge in [0.25, 0.3) is 5.91 Å². The molecule has 0 heterocycles. The van der Waals surface area contributed by atoms with E-state index in [1.807, 2.05) is 6.07 Å². The molecule has 0 aromatic heterocycles. The highest BCUT2D eigenvalue weighted by atomic mass is 32.1. The molecule has 0 atom stereocenters. The Morgan fingerprint density at radius 1 is 1.22 bits per heavy atom. The van der Waals surface area contributed by atoms with E-state index in [0.29, 0.717) is 17.7 Å². The van der Waals surface area contributed by atoms with Gasteiger partial charge in [0.15, 0.2) is 5.11 Å². The lowest BCUT2D eigenvalue weighted by Crippen LogP contribution is -2.36. The minimum Gasteiger partial charge on any atom is -0.349 e. The second kappa shape index (κ2) is 8.62. The van der Waals surface area contributed by atoms with Gasteiger partial charge in [-0.05, 0) is 43.3 Å². The number of amides is 2. The van der Waals surface area contributed by atoms with Gasteiger partial charge in [-0.3, -0.25) is 9.59 Å². The van der Waals surface area contributed by atoms with Crippen LogP contribution in [0, 0.1) is 0 Å². The molecule has 23 heavy (non-hydrogen) atoms. The van der Waals surface area contributed by atoms with Gasteiger partial charge >= 0.3 is 0 Å². The number of anilines is 1. The number of benzene rings is 1. The normalized spacial score (nSPS) is 14.8. The molecule has 0 unspecified atom stereocenters. The van der Waals surface area contributed by atoms with Gasteiger partial charge in [0.05, 0.1) is 0 Å². The number of carbonyl (C=O) groups excluding carboxylic acids is 2. The maximum Gasteiger partial charge on any atom is 0.251 e. The standard InChI is InChI=1S/C17H23N3O2S/c1-2-15(21)20-17(23)19-14-10-6-7-12(11-14)16(22)18-13-8-4-3-5-9-13/h6-7,10-11,13H,2-5,8-9H2,1H3,(H,18,22)(H2,19,20,21,23). The minimum atomic E-state index is -0.145. The van der Waals surface area contributed by atoms with Crippen molar-refractivity contribution in [3.05, 3.63) is 29.8 Å². The molecule has 5 nitrogen and oxygen atoms in total. The van der Waals surface area contributed by atoms with Crippen LogP contribution in [0.15, 0.2) is 24.3 Å². The van der Waals surface area contributed by atoms with Crippen LogP contribution in [0.1, 0.15) is 55.8 Å². The summed E-state index contributed by atoms with van der Waals surface area (Å²) in [7, 11) is 0. The predicted molar refractivity (Wildman–Crippen MR) is 95.4 cm³/mol. The van der Waals surface area contributed by atoms with Crippen molar-refractivity contribution in [2.45, 2.75) is 51.5 Å². The van der Waals surface area contributed by atoms with Crippen LogP contribution < -0.4 is 16.0 Å². The maximum absolute atomic E-state index is 12.3. The first-order chi connectivity index (χ1) is 11.1. The van der Waals surface area contributed by atoms with Crippen molar-refractivity contribution >= 4 is 34.8 Å². The van der Waals surface area contributed by atoms with Crippen molar-refractivity contribution in [1.82, 2.24) is 10.6 Å². The fourth-order valence-corrected chi connectivity index (χ4v) is 2.86. The molecule has 1 aromatic rings. The number of nitrogens with one attached hydrogen (secondary N) is 3. The third kappa shape index (κ3) is 5.63. The molecule has 1 aliphatic rings. The van der Waals surface area contributed by atoms with Gasteiger partial charge in [0, 0.05) is 23.7 Å². The van der Waals surface area contributed by atoms with Gasteiger partial charge in [-0.1, -0.05) is 32.3 Å². The fraction of sp³-hybridized carbons (Fsp3) is 0.471. The number of carbonyl (C=O) groups is 2. The molecule has 6 heteroatoms. The molecule has 0 radical (unpaired) electrons. The first kappa shape index (κ1) is 17.4. The molecule has 2 amide bonds. The summed E-state index contributed by atoms with van der Waals surface area (Å²) >= 11 is 5.07. The molecule has 124 valence electrons. The molecular formula is C17H23N3O2S. The van der Waals surface area contributed by atoms with Crippen molar-refractivity contribution in [3.8, 4) is 0 Å². The summed E-state index contributed by atoms with van der Waals surface area (Å²) < 4.78 is 0. The lowest BCUT2D eigenvalue weighted by Gasteiger charge is -2.22. The van der Waals surface area contributed by atoms with Crippen LogP contribution >= 0.6 is 12.2 Å². The largest absolute Gasteiger partial charge is 0.349 e. The van der Waals surface area contributed by atoms with Gasteiger partial charge < -0.3 is 16.0 Å². The molecule has 0 saturated heterocycles. The van der Waals surface area contributed by atoms with E-state index in [1.54, 1.807) is 25.1 Å². The summed E-state index contributed by atoms with van der Waals surface area (Å²) in [5.41, 5.74) is 1.27. The fourth-order valence-electron chi connectivity index (χ4n) is 2.63. The highest BCUT2D eigenvalue weighted by Gasteiger charge is 2.16. The van der Waals surface area contributed by atoms with Gasteiger partial charge in [-0.2, -0.15) is 0 Å². The van der Waals surface area contributed by atoms with Gasteiger partial charge in [0.1, 0.15) is 0 Å². The zero-order valence-electron chi connectivity index (χ0n) is 13.4. The van der Waals surface area contributed by atoms with E-state index >= 15 is 0 Å². The molecular weight excluding hydrogens is 310 g/mol. The van der Waals surface area contributed by atoms with Crippen LogP contribution in [0.5, 0.6) is 0 Å². The number of rotatable bonds is 4. The van der Waals surface area contributed by atoms with Crippen LogP contribution in [0.25, 0.3) is 0 Å². The van der Waals surface area contributed by atoms with Crippen molar-refractivity contribution in [2.75, 3.05) is 5.32 Å². The Morgan fingerprint density at radius 3 is 2.65 bits per heavy atom. The molecule has 1 saturated carbocycles. The summed E-state index contributed by atoms with van der Waals surface area (Å²) in [4.78, 5) is 23.6. The van der Waals surface area contributed by atoms with Crippen LogP contribution in [0.3, 0.4) is 0 Å². The predicted octanol–water partition coefficient (Wildman–Crippen LogP) is 2.97. The Balaban J connectivity index is 1.94. The monoisotopic (exact) mass is 333 g/mol. The van der Waals surface area contributed by atoms with Crippen LogP contribution in [0.4, 0.5) is 5.69 Å². The average Bonchev–Trinajstić information content (AvgIpc) is 2.55. The SMILES string of the molecule is CCC(=O)NC(=S)Nc1cccc(C(=O)NC2CCCCC2)c1. The molecule has 0 aliphatic heterocycles. The van der Waals surface area contributed by atoms with Gasteiger partial charge in [0.2, 0.25) is 5.91 Å². The third-order valence-electron chi connectivity index (χ3n) is 3.90. The van der Waals surface area contributed by atoms with Crippen LogP contribution in [0.2, 0.25) is 0 Å². The smallest absolute Gasteiger partial charge is 0.251 e. The summed E-state index contributed by atoms with van der Waals surface area (Å²) in [6, 6.07) is 7.39. The summed E-state index contributed by atoms with van der Waals surface area (Å²) in [5.74, 6) is -0.210. The van der Waals surface area contributed by atoms with E-state index in [0.717, 1.165) is 12.8 Å². The molecule has 0 spiro atoms. The molecule has 1 aliphatic carbocycles. The molecule has 1 fully saturated rings. The van der Waals surface area contributed by atoms with E-state index in [2.05, 4.69) is 16.0 Å². The van der Waals surface area contributed by atoms with Crippen molar-refractivity contribution in [3.63, 3.8) is 0 Å². The van der Waals surface area contributed by atoms with E-state index < -0.39 is 0 Å². The van der Waals surface area contributed by atoms with E-state index in [4.69, 9.17) is 12.2 Å². The van der Waals surface area contributed by atoms with Crippen molar-refractivity contribution in [1.29, 1.82) is 0 Å². The van der Waals surface area contributed by atoms with E-state index in [1.165, 1.54) is 19.3 Å². The highest BCUT2D eigenvalue weighted by molar-refractivity contribution is 7.80. The summed E-state index contributed by atoms with van der Waals surface area (Å²) in [5, 5.41) is 8.82. The number of hydrogen-bond donors (Lipinski definition) is 3. The number of thiocarbonyl (C=S) groups is 1. The highest BCUT2D eigenvalue weighted by Crippen LogP contribution is 2.18. The number of hydrogen-bond acceptors (Lipinski definition) is 3.